The largest absolute Gasteiger partial charge is 0.321 e. The van der Waals surface area contributed by atoms with Gasteiger partial charge in [0.1, 0.15) is 5.69 Å². The average Bonchev–Trinajstić information content (AvgIpc) is 3.19. The molecular weight excluding hydrogens is 280 g/mol. The van der Waals surface area contributed by atoms with Gasteiger partial charge in [-0.15, -0.1) is 0 Å². The molecule has 0 aliphatic carbocycles. The molecule has 1 aromatic heterocycles. The lowest BCUT2D eigenvalue weighted by atomic mass is 10.2. The highest BCUT2D eigenvalue weighted by molar-refractivity contribution is 6.03. The molecule has 0 radical (unpaired) electrons. The third kappa shape index (κ3) is 3.17. The minimum absolute atomic E-state index is 0.123. The van der Waals surface area contributed by atoms with Gasteiger partial charge < -0.3 is 10.6 Å². The van der Waals surface area contributed by atoms with Gasteiger partial charge in [-0.25, -0.2) is 0 Å². The van der Waals surface area contributed by atoms with Crippen LogP contribution in [0.4, 0.5) is 5.69 Å². The number of hydrogen-bond acceptors (Lipinski definition) is 3. The molecule has 0 spiro atoms. The van der Waals surface area contributed by atoms with E-state index in [2.05, 4.69) is 16.1 Å². The molecule has 1 saturated heterocycles. The normalized spacial score (nSPS) is 17.2. The van der Waals surface area contributed by atoms with Crippen LogP contribution in [0, 0.1) is 0 Å². The number of anilines is 1. The fourth-order valence-corrected chi connectivity index (χ4v) is 2.49. The predicted octanol–water partition coefficient (Wildman–Crippen LogP) is 1.56. The van der Waals surface area contributed by atoms with Crippen LogP contribution in [-0.4, -0.2) is 29.1 Å². The van der Waals surface area contributed by atoms with Crippen molar-refractivity contribution in [2.24, 2.45) is 0 Å². The standard InChI is InChI=1S/C16H18N4O2/c21-15(13-8-4-10-17-13)19-20-11-5-9-14(20)16(22)18-12-6-2-1-3-7-12/h1-3,5-7,9,11,13,17H,4,8,10H2,(H,18,22)(H,19,21)/t13-/m0/s1. The lowest BCUT2D eigenvalue weighted by molar-refractivity contribution is -0.118. The summed E-state index contributed by atoms with van der Waals surface area (Å²) < 4.78 is 1.46. The van der Waals surface area contributed by atoms with Gasteiger partial charge in [0, 0.05) is 11.9 Å². The zero-order chi connectivity index (χ0) is 15.4. The maximum absolute atomic E-state index is 12.3. The molecule has 2 heterocycles. The summed E-state index contributed by atoms with van der Waals surface area (Å²) in [5, 5.41) is 5.93. The zero-order valence-corrected chi connectivity index (χ0v) is 12.1. The van der Waals surface area contributed by atoms with Gasteiger partial charge in [0.2, 0.25) is 0 Å². The van der Waals surface area contributed by atoms with Gasteiger partial charge >= 0.3 is 0 Å². The summed E-state index contributed by atoms with van der Waals surface area (Å²) in [6, 6.07) is 12.4. The van der Waals surface area contributed by atoms with E-state index in [-0.39, 0.29) is 17.9 Å². The molecule has 1 atom stereocenters. The number of para-hydroxylation sites is 1. The highest BCUT2D eigenvalue weighted by atomic mass is 16.2. The monoisotopic (exact) mass is 298 g/mol. The first kappa shape index (κ1) is 14.3. The van der Waals surface area contributed by atoms with Gasteiger partial charge in [-0.2, -0.15) is 0 Å². The Bertz CT molecular complexity index is 660. The molecule has 0 bridgehead atoms. The molecule has 6 nitrogen and oxygen atoms in total. The zero-order valence-electron chi connectivity index (χ0n) is 12.1. The summed E-state index contributed by atoms with van der Waals surface area (Å²) in [4.78, 5) is 24.4. The van der Waals surface area contributed by atoms with Crippen molar-refractivity contribution in [2.45, 2.75) is 18.9 Å². The third-order valence-electron chi connectivity index (χ3n) is 3.62. The molecule has 0 unspecified atom stereocenters. The van der Waals surface area contributed by atoms with E-state index in [4.69, 9.17) is 0 Å². The maximum atomic E-state index is 12.3. The topological polar surface area (TPSA) is 75.2 Å². The van der Waals surface area contributed by atoms with Crippen molar-refractivity contribution in [2.75, 3.05) is 17.3 Å². The molecular formula is C16H18N4O2. The molecule has 1 aliphatic heterocycles. The minimum atomic E-state index is -0.268. The van der Waals surface area contributed by atoms with Crippen LogP contribution in [-0.2, 0) is 4.79 Å². The predicted molar refractivity (Wildman–Crippen MR) is 84.2 cm³/mol. The molecule has 114 valence electrons. The van der Waals surface area contributed by atoms with Crippen LogP contribution < -0.4 is 16.1 Å². The van der Waals surface area contributed by atoms with E-state index in [9.17, 15) is 9.59 Å². The molecule has 1 fully saturated rings. The fourth-order valence-electron chi connectivity index (χ4n) is 2.49. The molecule has 0 saturated carbocycles. The lowest BCUT2D eigenvalue weighted by Gasteiger charge is -2.14. The second-order valence-electron chi connectivity index (χ2n) is 5.21. The highest BCUT2D eigenvalue weighted by Gasteiger charge is 2.23. The minimum Gasteiger partial charge on any atom is -0.321 e. The summed E-state index contributed by atoms with van der Waals surface area (Å²) >= 11 is 0. The second kappa shape index (κ2) is 6.44. The van der Waals surface area contributed by atoms with Gasteiger partial charge in [0.05, 0.1) is 6.04 Å². The number of nitrogens with zero attached hydrogens (tertiary/aromatic N) is 1. The smallest absolute Gasteiger partial charge is 0.274 e. The summed E-state index contributed by atoms with van der Waals surface area (Å²) in [5.74, 6) is -0.390. The Labute approximate surface area is 128 Å². The number of hydrogen-bond donors (Lipinski definition) is 3. The van der Waals surface area contributed by atoms with E-state index in [0.29, 0.717) is 11.4 Å². The molecule has 2 aromatic rings. The highest BCUT2D eigenvalue weighted by Crippen LogP contribution is 2.10. The van der Waals surface area contributed by atoms with Crippen LogP contribution in [0.3, 0.4) is 0 Å². The molecule has 1 aliphatic rings. The van der Waals surface area contributed by atoms with Crippen molar-refractivity contribution in [1.29, 1.82) is 0 Å². The van der Waals surface area contributed by atoms with Crippen molar-refractivity contribution in [3.63, 3.8) is 0 Å². The van der Waals surface area contributed by atoms with Gasteiger partial charge in [-0.1, -0.05) is 18.2 Å². The molecule has 3 rings (SSSR count). The second-order valence-corrected chi connectivity index (χ2v) is 5.21. The van der Waals surface area contributed by atoms with Gasteiger partial charge in [0.15, 0.2) is 0 Å². The Morgan fingerprint density at radius 3 is 2.68 bits per heavy atom. The Morgan fingerprint density at radius 2 is 1.95 bits per heavy atom. The first-order valence-electron chi connectivity index (χ1n) is 7.32. The molecule has 1 aromatic carbocycles. The number of aromatic nitrogens is 1. The van der Waals surface area contributed by atoms with Crippen LogP contribution >= 0.6 is 0 Å². The van der Waals surface area contributed by atoms with Crippen molar-refractivity contribution >= 4 is 17.5 Å². The van der Waals surface area contributed by atoms with Crippen LogP contribution in [0.1, 0.15) is 23.3 Å². The van der Waals surface area contributed by atoms with Crippen molar-refractivity contribution < 1.29 is 9.59 Å². The molecule has 3 N–H and O–H groups in total. The van der Waals surface area contributed by atoms with Crippen LogP contribution in [0.2, 0.25) is 0 Å². The first-order valence-corrected chi connectivity index (χ1v) is 7.32. The molecule has 2 amide bonds. The third-order valence-corrected chi connectivity index (χ3v) is 3.62. The summed E-state index contributed by atoms with van der Waals surface area (Å²) in [6.07, 6.45) is 3.47. The van der Waals surface area contributed by atoms with Gasteiger partial charge in [0.25, 0.3) is 11.8 Å². The van der Waals surface area contributed by atoms with Crippen LogP contribution in [0.25, 0.3) is 0 Å². The quantitative estimate of drug-likeness (QED) is 0.802. The Kier molecular flexibility index (Phi) is 4.20. The van der Waals surface area contributed by atoms with Gasteiger partial charge in [-0.05, 0) is 43.7 Å². The Hall–Kier alpha value is -2.60. The van der Waals surface area contributed by atoms with E-state index in [0.717, 1.165) is 19.4 Å². The number of benzene rings is 1. The maximum Gasteiger partial charge on any atom is 0.274 e. The van der Waals surface area contributed by atoms with E-state index in [1.54, 1.807) is 18.3 Å². The number of carbonyl (C=O) groups excluding carboxylic acids is 2. The summed E-state index contributed by atoms with van der Waals surface area (Å²) in [7, 11) is 0. The summed E-state index contributed by atoms with van der Waals surface area (Å²) in [5.41, 5.74) is 3.85. The number of nitrogens with one attached hydrogen (secondary N) is 3. The molecule has 6 heteroatoms. The van der Waals surface area contributed by atoms with E-state index < -0.39 is 0 Å². The van der Waals surface area contributed by atoms with Crippen molar-refractivity contribution in [3.8, 4) is 0 Å². The van der Waals surface area contributed by atoms with Crippen LogP contribution in [0.15, 0.2) is 48.7 Å². The summed E-state index contributed by atoms with van der Waals surface area (Å²) in [6.45, 7) is 0.852. The van der Waals surface area contributed by atoms with Crippen LogP contribution in [0.5, 0.6) is 0 Å². The van der Waals surface area contributed by atoms with Crippen molar-refractivity contribution in [3.05, 3.63) is 54.4 Å². The number of amides is 2. The fraction of sp³-hybridized carbons (Fsp3) is 0.250. The van der Waals surface area contributed by atoms with E-state index in [1.807, 2.05) is 30.3 Å². The van der Waals surface area contributed by atoms with E-state index in [1.165, 1.54) is 4.68 Å². The van der Waals surface area contributed by atoms with E-state index >= 15 is 0 Å². The van der Waals surface area contributed by atoms with Crippen molar-refractivity contribution in [1.82, 2.24) is 9.99 Å². The SMILES string of the molecule is O=C(Nc1ccccc1)c1cccn1NC(=O)[C@@H]1CCCN1. The average molecular weight is 298 g/mol. The Balaban J connectivity index is 1.68. The number of rotatable bonds is 4. The van der Waals surface area contributed by atoms with Gasteiger partial charge in [-0.3, -0.25) is 19.7 Å². The lowest BCUT2D eigenvalue weighted by Crippen LogP contribution is -2.40. The molecule has 22 heavy (non-hydrogen) atoms. The number of carbonyl (C=O) groups is 2. The Morgan fingerprint density at radius 1 is 1.14 bits per heavy atom. The first-order chi connectivity index (χ1) is 10.7.